The van der Waals surface area contributed by atoms with Crippen molar-refractivity contribution in [2.24, 2.45) is 0 Å². The van der Waals surface area contributed by atoms with E-state index in [1.807, 2.05) is 0 Å². The molecular formula is C17H25N3O6. The fraction of sp³-hybridized carbons (Fsp3) is 0.647. The van der Waals surface area contributed by atoms with Gasteiger partial charge in [-0.1, -0.05) is 19.3 Å². The Kier molecular flexibility index (Phi) is 7.43. The first-order valence-electron chi connectivity index (χ1n) is 8.78. The van der Waals surface area contributed by atoms with Crippen LogP contribution in [-0.2, 0) is 20.8 Å². The highest BCUT2D eigenvalue weighted by Crippen LogP contribution is 2.24. The zero-order valence-corrected chi connectivity index (χ0v) is 15.2. The second-order valence-electron chi connectivity index (χ2n) is 6.00. The van der Waals surface area contributed by atoms with Crippen molar-refractivity contribution < 1.29 is 28.3 Å². The van der Waals surface area contributed by atoms with Crippen LogP contribution in [0.1, 0.15) is 55.4 Å². The van der Waals surface area contributed by atoms with Crippen LogP contribution >= 0.6 is 0 Å². The Morgan fingerprint density at radius 2 is 2.04 bits per heavy atom. The van der Waals surface area contributed by atoms with Crippen molar-refractivity contribution in [2.75, 3.05) is 20.3 Å². The normalized spacial score (nSPS) is 14.5. The first-order chi connectivity index (χ1) is 12.5. The molecule has 1 aromatic rings. The molecule has 0 bridgehead atoms. The number of rotatable bonds is 7. The van der Waals surface area contributed by atoms with Crippen molar-refractivity contribution in [2.45, 2.75) is 51.6 Å². The summed E-state index contributed by atoms with van der Waals surface area (Å²) in [4.78, 5) is 41.2. The van der Waals surface area contributed by atoms with E-state index in [1.54, 1.807) is 11.8 Å². The van der Waals surface area contributed by atoms with Crippen LogP contribution in [0.15, 0.2) is 10.7 Å². The average molecular weight is 367 g/mol. The van der Waals surface area contributed by atoms with E-state index in [9.17, 15) is 14.4 Å². The third-order valence-electron chi connectivity index (χ3n) is 4.22. The summed E-state index contributed by atoms with van der Waals surface area (Å²) >= 11 is 0. The van der Waals surface area contributed by atoms with Crippen LogP contribution in [-0.4, -0.2) is 54.2 Å². The van der Waals surface area contributed by atoms with E-state index in [4.69, 9.17) is 9.15 Å². The van der Waals surface area contributed by atoms with Crippen LogP contribution in [0, 0.1) is 0 Å². The van der Waals surface area contributed by atoms with E-state index in [1.165, 1.54) is 13.4 Å². The molecule has 2 amide bonds. The molecule has 26 heavy (non-hydrogen) atoms. The second kappa shape index (κ2) is 9.79. The number of hydrogen-bond donors (Lipinski definition) is 1. The number of methoxy groups -OCH3 is 1. The van der Waals surface area contributed by atoms with Gasteiger partial charge in [-0.2, -0.15) is 0 Å². The number of esters is 2. The third kappa shape index (κ3) is 5.47. The van der Waals surface area contributed by atoms with Crippen LogP contribution in [0.3, 0.4) is 0 Å². The molecule has 144 valence electrons. The molecule has 0 aliphatic heterocycles. The molecule has 9 heteroatoms. The number of amides is 2. The van der Waals surface area contributed by atoms with Crippen LogP contribution in [0.2, 0.25) is 0 Å². The summed E-state index contributed by atoms with van der Waals surface area (Å²) in [5.41, 5.74) is 0.0537. The molecule has 1 saturated carbocycles. The van der Waals surface area contributed by atoms with Crippen LogP contribution in [0.5, 0.6) is 0 Å². The first kappa shape index (κ1) is 19.7. The Bertz CT molecular complexity index is 624. The van der Waals surface area contributed by atoms with E-state index >= 15 is 0 Å². The minimum absolute atomic E-state index is 0.0272. The predicted octanol–water partition coefficient (Wildman–Crippen LogP) is 1.87. The quantitative estimate of drug-likeness (QED) is 0.732. The molecule has 0 spiro atoms. The number of oxazole rings is 1. The molecule has 1 heterocycles. The van der Waals surface area contributed by atoms with Gasteiger partial charge < -0.3 is 24.1 Å². The van der Waals surface area contributed by atoms with Crippen LogP contribution < -0.4 is 5.32 Å². The van der Waals surface area contributed by atoms with Gasteiger partial charge in [-0.3, -0.25) is 4.79 Å². The zero-order valence-electron chi connectivity index (χ0n) is 15.2. The van der Waals surface area contributed by atoms with Gasteiger partial charge in [0.05, 0.1) is 20.3 Å². The highest BCUT2D eigenvalue weighted by molar-refractivity contribution is 5.86. The zero-order chi connectivity index (χ0) is 18.9. The van der Waals surface area contributed by atoms with Gasteiger partial charge in [0.25, 0.3) is 0 Å². The summed E-state index contributed by atoms with van der Waals surface area (Å²) in [5, 5.41) is 2.58. The van der Waals surface area contributed by atoms with Gasteiger partial charge in [0.2, 0.25) is 5.89 Å². The summed E-state index contributed by atoms with van der Waals surface area (Å²) in [5.74, 6) is -0.855. The number of nitrogens with one attached hydrogen (secondary N) is 1. The van der Waals surface area contributed by atoms with Gasteiger partial charge in [-0.15, -0.1) is 0 Å². The molecule has 0 saturated heterocycles. The standard InChI is InChI=1S/C17H25N3O6/c1-3-25-15(21)9-18-17(23)20(12-7-5-4-6-8-12)10-14-19-13(11-26-14)16(22)24-2/h11-12H,3-10H2,1-2H3,(H,18,23). The maximum Gasteiger partial charge on any atom is 0.360 e. The Hall–Kier alpha value is -2.58. The summed E-state index contributed by atoms with van der Waals surface area (Å²) < 4.78 is 14.7. The lowest BCUT2D eigenvalue weighted by Crippen LogP contribution is -2.47. The molecule has 9 nitrogen and oxygen atoms in total. The molecule has 1 fully saturated rings. The number of aromatic nitrogens is 1. The SMILES string of the molecule is CCOC(=O)CNC(=O)N(Cc1nc(C(=O)OC)co1)C1CCCCC1. The lowest BCUT2D eigenvalue weighted by atomic mass is 9.94. The Balaban J connectivity index is 2.05. The van der Waals surface area contributed by atoms with Crippen molar-refractivity contribution in [3.63, 3.8) is 0 Å². The molecule has 0 unspecified atom stereocenters. The van der Waals surface area contributed by atoms with Gasteiger partial charge in [0, 0.05) is 6.04 Å². The minimum Gasteiger partial charge on any atom is -0.465 e. The van der Waals surface area contributed by atoms with E-state index in [-0.39, 0.29) is 43.4 Å². The van der Waals surface area contributed by atoms with Crippen LogP contribution in [0.25, 0.3) is 0 Å². The topological polar surface area (TPSA) is 111 Å². The minimum atomic E-state index is -0.601. The number of carbonyl (C=O) groups excluding carboxylic acids is 3. The molecule has 1 aromatic heterocycles. The number of ether oxygens (including phenoxy) is 2. The summed E-state index contributed by atoms with van der Waals surface area (Å²) in [6, 6.07) is -0.359. The largest absolute Gasteiger partial charge is 0.465 e. The molecule has 1 aliphatic carbocycles. The average Bonchev–Trinajstić information content (AvgIpc) is 3.13. The Morgan fingerprint density at radius 1 is 1.31 bits per heavy atom. The third-order valence-corrected chi connectivity index (χ3v) is 4.22. The molecule has 0 aromatic carbocycles. The maximum absolute atomic E-state index is 12.6. The van der Waals surface area contributed by atoms with E-state index in [2.05, 4.69) is 15.0 Å². The highest BCUT2D eigenvalue weighted by Gasteiger charge is 2.28. The van der Waals surface area contributed by atoms with Gasteiger partial charge in [0.1, 0.15) is 12.8 Å². The van der Waals surface area contributed by atoms with Crippen molar-refractivity contribution in [3.05, 3.63) is 17.8 Å². The fourth-order valence-electron chi connectivity index (χ4n) is 2.95. The van der Waals surface area contributed by atoms with Crippen molar-refractivity contribution in [3.8, 4) is 0 Å². The fourth-order valence-corrected chi connectivity index (χ4v) is 2.95. The highest BCUT2D eigenvalue weighted by atomic mass is 16.5. The van der Waals surface area contributed by atoms with Gasteiger partial charge in [0.15, 0.2) is 5.69 Å². The molecule has 0 atom stereocenters. The second-order valence-corrected chi connectivity index (χ2v) is 6.00. The predicted molar refractivity (Wildman–Crippen MR) is 90.3 cm³/mol. The summed E-state index contributed by atoms with van der Waals surface area (Å²) in [7, 11) is 1.26. The van der Waals surface area contributed by atoms with E-state index in [0.29, 0.717) is 0 Å². The molecule has 0 radical (unpaired) electrons. The lowest BCUT2D eigenvalue weighted by molar-refractivity contribution is -0.141. The number of hydrogen-bond acceptors (Lipinski definition) is 7. The molecular weight excluding hydrogens is 342 g/mol. The molecule has 2 rings (SSSR count). The van der Waals surface area contributed by atoms with Crippen molar-refractivity contribution >= 4 is 18.0 Å². The summed E-state index contributed by atoms with van der Waals surface area (Å²) in [6.07, 6.45) is 6.16. The lowest BCUT2D eigenvalue weighted by Gasteiger charge is -2.33. The van der Waals surface area contributed by atoms with Gasteiger partial charge in [-0.25, -0.2) is 14.6 Å². The first-order valence-corrected chi connectivity index (χ1v) is 8.78. The van der Waals surface area contributed by atoms with Crippen molar-refractivity contribution in [1.29, 1.82) is 0 Å². The number of carbonyl (C=O) groups is 3. The Morgan fingerprint density at radius 3 is 2.69 bits per heavy atom. The van der Waals surface area contributed by atoms with E-state index in [0.717, 1.165) is 32.1 Å². The maximum atomic E-state index is 12.6. The van der Waals surface area contributed by atoms with E-state index < -0.39 is 11.9 Å². The van der Waals surface area contributed by atoms with Gasteiger partial charge >= 0.3 is 18.0 Å². The van der Waals surface area contributed by atoms with Crippen LogP contribution in [0.4, 0.5) is 4.79 Å². The number of nitrogens with zero attached hydrogens (tertiary/aromatic N) is 2. The Labute approximate surface area is 152 Å². The summed E-state index contributed by atoms with van der Waals surface area (Å²) in [6.45, 7) is 1.87. The monoisotopic (exact) mass is 367 g/mol. The van der Waals surface area contributed by atoms with Gasteiger partial charge in [-0.05, 0) is 19.8 Å². The molecule has 1 aliphatic rings. The number of urea groups is 1. The smallest absolute Gasteiger partial charge is 0.360 e. The van der Waals surface area contributed by atoms with Crippen molar-refractivity contribution in [1.82, 2.24) is 15.2 Å². The molecule has 1 N–H and O–H groups in total.